The third-order valence-electron chi connectivity index (χ3n) is 3.25. The maximum atomic E-state index is 12.3. The Bertz CT molecular complexity index is 409. The second-order valence-corrected chi connectivity index (χ2v) is 6.02. The maximum absolute atomic E-state index is 12.3. The summed E-state index contributed by atoms with van der Waals surface area (Å²) in [6.45, 7) is 8.48. The van der Waals surface area contributed by atoms with Crippen molar-refractivity contribution in [2.24, 2.45) is 5.41 Å². The summed E-state index contributed by atoms with van der Waals surface area (Å²) in [6, 6.07) is 7.53. The van der Waals surface area contributed by atoms with Crippen LogP contribution in [0.25, 0.3) is 0 Å². The molecule has 3 heteroatoms. The van der Waals surface area contributed by atoms with Crippen LogP contribution in [-0.2, 0) is 0 Å². The highest BCUT2D eigenvalue weighted by Crippen LogP contribution is 2.24. The minimum absolute atomic E-state index is 0.0447. The van der Waals surface area contributed by atoms with E-state index >= 15 is 0 Å². The van der Waals surface area contributed by atoms with Crippen molar-refractivity contribution >= 4 is 18.5 Å². The molecule has 0 saturated carbocycles. The van der Waals surface area contributed by atoms with E-state index in [9.17, 15) is 4.79 Å². The molecule has 0 aromatic heterocycles. The van der Waals surface area contributed by atoms with Gasteiger partial charge in [0.2, 0.25) is 0 Å². The molecule has 1 rings (SSSR count). The van der Waals surface area contributed by atoms with Gasteiger partial charge in [-0.1, -0.05) is 26.8 Å². The lowest BCUT2D eigenvalue weighted by Crippen LogP contribution is -2.42. The Hall–Kier alpha value is -0.960. The predicted molar refractivity (Wildman–Crippen MR) is 74.7 cm³/mol. The highest BCUT2D eigenvalue weighted by Gasteiger charge is 2.27. The van der Waals surface area contributed by atoms with Gasteiger partial charge in [0.1, 0.15) is 0 Å². The maximum Gasteiger partial charge on any atom is 0.253 e. The molecule has 0 heterocycles. The van der Waals surface area contributed by atoms with E-state index in [2.05, 4.69) is 40.3 Å². The van der Waals surface area contributed by atoms with Crippen molar-refractivity contribution in [2.45, 2.75) is 38.6 Å². The van der Waals surface area contributed by atoms with Gasteiger partial charge in [-0.05, 0) is 30.5 Å². The second-order valence-electron chi connectivity index (χ2n) is 5.51. The average Bonchev–Trinajstić information content (AvgIpc) is 2.25. The Morgan fingerprint density at radius 3 is 2.41 bits per heavy atom. The van der Waals surface area contributed by atoms with E-state index in [0.717, 1.165) is 4.90 Å². The fraction of sp³-hybridized carbons (Fsp3) is 0.500. The molecule has 94 valence electrons. The number of amides is 1. The van der Waals surface area contributed by atoms with Crippen LogP contribution in [-0.4, -0.2) is 23.9 Å². The molecule has 0 aliphatic heterocycles. The molecule has 0 aliphatic rings. The highest BCUT2D eigenvalue weighted by molar-refractivity contribution is 7.80. The molecule has 0 spiro atoms. The first kappa shape index (κ1) is 14.1. The molecule has 2 nitrogen and oxygen atoms in total. The summed E-state index contributed by atoms with van der Waals surface area (Å²) in [6.07, 6.45) is 0. The highest BCUT2D eigenvalue weighted by atomic mass is 32.1. The van der Waals surface area contributed by atoms with Gasteiger partial charge in [0.25, 0.3) is 5.91 Å². The summed E-state index contributed by atoms with van der Waals surface area (Å²) in [7, 11) is 1.85. The number of carbonyl (C=O) groups excluding carboxylic acids is 1. The minimum Gasteiger partial charge on any atom is -0.338 e. The second kappa shape index (κ2) is 5.13. The molecule has 0 bridgehead atoms. The van der Waals surface area contributed by atoms with Crippen LogP contribution in [0.2, 0.25) is 0 Å². The summed E-state index contributed by atoms with van der Waals surface area (Å²) < 4.78 is 0. The van der Waals surface area contributed by atoms with E-state index < -0.39 is 0 Å². The fourth-order valence-corrected chi connectivity index (χ4v) is 1.82. The third kappa shape index (κ3) is 3.50. The first-order valence-corrected chi connectivity index (χ1v) is 6.24. The van der Waals surface area contributed by atoms with Crippen LogP contribution in [0.1, 0.15) is 38.1 Å². The lowest BCUT2D eigenvalue weighted by molar-refractivity contribution is 0.0629. The Morgan fingerprint density at radius 1 is 1.35 bits per heavy atom. The monoisotopic (exact) mass is 251 g/mol. The summed E-state index contributed by atoms with van der Waals surface area (Å²) in [5.41, 5.74) is 0.763. The molecular weight excluding hydrogens is 230 g/mol. The Balaban J connectivity index is 2.91. The van der Waals surface area contributed by atoms with E-state index in [1.807, 2.05) is 25.2 Å². The van der Waals surface area contributed by atoms with E-state index in [0.29, 0.717) is 5.56 Å². The molecule has 0 radical (unpaired) electrons. The molecule has 0 saturated heterocycles. The first-order chi connectivity index (χ1) is 7.73. The van der Waals surface area contributed by atoms with E-state index in [-0.39, 0.29) is 17.4 Å². The van der Waals surface area contributed by atoms with Gasteiger partial charge >= 0.3 is 0 Å². The molecule has 0 N–H and O–H groups in total. The SMILES string of the molecule is CC(N(C)C(=O)c1cccc(S)c1)C(C)(C)C. The molecule has 17 heavy (non-hydrogen) atoms. The molecule has 1 unspecified atom stereocenters. The van der Waals surface area contributed by atoms with Crippen LogP contribution < -0.4 is 0 Å². The van der Waals surface area contributed by atoms with E-state index in [1.165, 1.54) is 0 Å². The predicted octanol–water partition coefficient (Wildman–Crippen LogP) is 3.48. The summed E-state index contributed by atoms with van der Waals surface area (Å²) >= 11 is 4.26. The lowest BCUT2D eigenvalue weighted by Gasteiger charge is -2.35. The zero-order valence-corrected chi connectivity index (χ0v) is 12.1. The normalized spacial score (nSPS) is 13.3. The molecule has 1 atom stereocenters. The van der Waals surface area contributed by atoms with Crippen LogP contribution in [0, 0.1) is 5.41 Å². The van der Waals surface area contributed by atoms with Crippen molar-refractivity contribution in [3.05, 3.63) is 29.8 Å². The van der Waals surface area contributed by atoms with Crippen molar-refractivity contribution < 1.29 is 4.79 Å². The Labute approximate surface area is 109 Å². The fourth-order valence-electron chi connectivity index (χ4n) is 1.60. The number of thiol groups is 1. The molecule has 0 fully saturated rings. The zero-order valence-electron chi connectivity index (χ0n) is 11.2. The number of carbonyl (C=O) groups is 1. The largest absolute Gasteiger partial charge is 0.338 e. The van der Waals surface area contributed by atoms with Crippen LogP contribution >= 0.6 is 12.6 Å². The van der Waals surface area contributed by atoms with Crippen molar-refractivity contribution in [3.63, 3.8) is 0 Å². The minimum atomic E-state index is 0.0447. The van der Waals surface area contributed by atoms with Crippen LogP contribution in [0.5, 0.6) is 0 Å². The van der Waals surface area contributed by atoms with Gasteiger partial charge < -0.3 is 4.90 Å². The van der Waals surface area contributed by atoms with Crippen molar-refractivity contribution in [1.82, 2.24) is 4.90 Å². The van der Waals surface area contributed by atoms with Gasteiger partial charge in [-0.25, -0.2) is 0 Å². The van der Waals surface area contributed by atoms with Crippen molar-refractivity contribution in [1.29, 1.82) is 0 Å². The molecule has 0 aliphatic carbocycles. The van der Waals surface area contributed by atoms with Gasteiger partial charge in [0.15, 0.2) is 0 Å². The lowest BCUT2D eigenvalue weighted by atomic mass is 9.87. The standard InChI is InChI=1S/C14H21NOS/c1-10(14(2,3)4)15(5)13(16)11-7-6-8-12(17)9-11/h6-10,17H,1-5H3. The first-order valence-electron chi connectivity index (χ1n) is 5.79. The summed E-state index contributed by atoms with van der Waals surface area (Å²) in [5.74, 6) is 0.0447. The number of hydrogen-bond acceptors (Lipinski definition) is 2. The summed E-state index contributed by atoms with van der Waals surface area (Å²) in [4.78, 5) is 14.9. The Kier molecular flexibility index (Phi) is 4.26. The van der Waals surface area contributed by atoms with Gasteiger partial charge in [0, 0.05) is 23.5 Å². The molecule has 1 amide bonds. The quantitative estimate of drug-likeness (QED) is 0.798. The number of nitrogens with zero attached hydrogens (tertiary/aromatic N) is 1. The van der Waals surface area contributed by atoms with Gasteiger partial charge in [-0.2, -0.15) is 0 Å². The van der Waals surface area contributed by atoms with Crippen LogP contribution in [0.3, 0.4) is 0 Å². The number of benzene rings is 1. The van der Waals surface area contributed by atoms with Crippen LogP contribution in [0.4, 0.5) is 0 Å². The van der Waals surface area contributed by atoms with Crippen molar-refractivity contribution in [3.8, 4) is 0 Å². The third-order valence-corrected chi connectivity index (χ3v) is 3.53. The topological polar surface area (TPSA) is 20.3 Å². The van der Waals surface area contributed by atoms with Gasteiger partial charge in [-0.3, -0.25) is 4.79 Å². The molecule has 1 aromatic carbocycles. The van der Waals surface area contributed by atoms with Crippen molar-refractivity contribution in [2.75, 3.05) is 7.05 Å². The van der Waals surface area contributed by atoms with E-state index in [4.69, 9.17) is 0 Å². The smallest absolute Gasteiger partial charge is 0.253 e. The zero-order chi connectivity index (χ0) is 13.2. The number of hydrogen-bond donors (Lipinski definition) is 1. The molecular formula is C14H21NOS. The number of rotatable bonds is 2. The molecule has 1 aromatic rings. The summed E-state index contributed by atoms with van der Waals surface area (Å²) in [5, 5.41) is 0. The van der Waals surface area contributed by atoms with Crippen LogP contribution in [0.15, 0.2) is 29.2 Å². The Morgan fingerprint density at radius 2 is 1.94 bits per heavy atom. The average molecular weight is 251 g/mol. The van der Waals surface area contributed by atoms with E-state index in [1.54, 1.807) is 11.0 Å². The van der Waals surface area contributed by atoms with Gasteiger partial charge in [0.05, 0.1) is 0 Å². The van der Waals surface area contributed by atoms with Gasteiger partial charge in [-0.15, -0.1) is 12.6 Å².